The number of rotatable bonds is 7. The molecule has 71 heavy (non-hydrogen) atoms. The van der Waals surface area contributed by atoms with E-state index in [2.05, 4.69) is 82.8 Å². The molecule has 5 nitrogen and oxygen atoms in total. The Labute approximate surface area is 409 Å². The molecular weight excluding hydrogens is 877 g/mol. The zero-order valence-corrected chi connectivity index (χ0v) is 38.2. The van der Waals surface area contributed by atoms with Crippen LogP contribution in [-0.2, 0) is 0 Å². The fourth-order valence-corrected chi connectivity index (χ4v) is 9.31. The van der Waals surface area contributed by atoms with Crippen molar-refractivity contribution in [2.24, 2.45) is 0 Å². The average molecular weight is 920 g/mol. The summed E-state index contributed by atoms with van der Waals surface area (Å²) in [4.78, 5) is 9.26. The largest absolute Gasteiger partial charge is 0.398 e. The van der Waals surface area contributed by atoms with Gasteiger partial charge in [0.25, 0.3) is 0 Å². The molecule has 4 N–H and O–H groups in total. The Hall–Kier alpha value is -9.46. The number of fused-ring (bicyclic) bond motifs is 3. The second-order valence-electron chi connectivity index (χ2n) is 17.5. The Bertz CT molecular complexity index is 3950. The minimum Gasteiger partial charge on any atom is -0.398 e. The number of nitrogens with one attached hydrogen (secondary N) is 2. The summed E-state index contributed by atoms with van der Waals surface area (Å²) in [6.45, 7) is 0. The van der Waals surface area contributed by atoms with Crippen LogP contribution in [0.2, 0.25) is 0 Å². The average Bonchev–Trinajstić information content (AvgIpc) is 3.41. The summed E-state index contributed by atoms with van der Waals surface area (Å²) in [6, 6.07) is 68.0. The van der Waals surface area contributed by atoms with Crippen LogP contribution >= 0.6 is 0 Å². The summed E-state index contributed by atoms with van der Waals surface area (Å²) in [5, 5.41) is 24.1. The van der Waals surface area contributed by atoms with Crippen molar-refractivity contribution in [3.05, 3.63) is 260 Å². The highest BCUT2D eigenvalue weighted by Crippen LogP contribution is 2.38. The maximum absolute atomic E-state index is 14.3. The SMILES string of the molecule is N=C1C=C(c2cc(-c3ccc4ccc(F)cc4c3)cc(-c3ccccn3)c2)C=C(c2cc(-c3ccc4ccc(F)cc4c3)cc(-c3ccccn3)c2)C1=N.Nc1ccccc1-c1cccc2ccccc12. The number of allylic oxidation sites excluding steroid dienone is 4. The van der Waals surface area contributed by atoms with Gasteiger partial charge in [0.1, 0.15) is 11.6 Å². The van der Waals surface area contributed by atoms with Gasteiger partial charge in [-0.2, -0.15) is 0 Å². The summed E-state index contributed by atoms with van der Waals surface area (Å²) >= 11 is 0. The zero-order chi connectivity index (χ0) is 48.4. The first kappa shape index (κ1) is 44.1. The molecule has 0 aliphatic heterocycles. The lowest BCUT2D eigenvalue weighted by Gasteiger charge is -2.20. The van der Waals surface area contributed by atoms with Crippen LogP contribution in [0.1, 0.15) is 11.1 Å². The molecular formula is C64H43F2N5. The highest BCUT2D eigenvalue weighted by atomic mass is 19.1. The van der Waals surface area contributed by atoms with E-state index in [-0.39, 0.29) is 23.1 Å². The van der Waals surface area contributed by atoms with Gasteiger partial charge in [-0.25, -0.2) is 8.78 Å². The van der Waals surface area contributed by atoms with E-state index in [0.717, 1.165) is 94.3 Å². The monoisotopic (exact) mass is 919 g/mol. The van der Waals surface area contributed by atoms with Crippen LogP contribution in [0.15, 0.2) is 237 Å². The van der Waals surface area contributed by atoms with Gasteiger partial charge in [-0.15, -0.1) is 0 Å². The Morgan fingerprint density at radius 1 is 0.366 bits per heavy atom. The van der Waals surface area contributed by atoms with E-state index >= 15 is 0 Å². The second-order valence-corrected chi connectivity index (χ2v) is 17.5. The number of para-hydroxylation sites is 1. The van der Waals surface area contributed by atoms with Crippen molar-refractivity contribution in [3.8, 4) is 55.9 Å². The van der Waals surface area contributed by atoms with E-state index in [9.17, 15) is 8.78 Å². The summed E-state index contributed by atoms with van der Waals surface area (Å²) in [5.74, 6) is -0.593. The van der Waals surface area contributed by atoms with E-state index in [0.29, 0.717) is 5.57 Å². The summed E-state index contributed by atoms with van der Waals surface area (Å²) in [5.41, 5.74) is 19.2. The van der Waals surface area contributed by atoms with Gasteiger partial charge in [0.2, 0.25) is 0 Å². The minimum absolute atomic E-state index is 0.0828. The van der Waals surface area contributed by atoms with Gasteiger partial charge in [0, 0.05) is 40.3 Å². The van der Waals surface area contributed by atoms with Gasteiger partial charge in [-0.1, -0.05) is 109 Å². The van der Waals surface area contributed by atoms with Crippen molar-refractivity contribution in [3.63, 3.8) is 0 Å². The normalized spacial score (nSPS) is 12.4. The molecule has 11 aromatic rings. The summed E-state index contributed by atoms with van der Waals surface area (Å²) in [6.07, 6.45) is 7.20. The number of nitrogens with two attached hydrogens (primary N) is 1. The Morgan fingerprint density at radius 3 is 1.49 bits per heavy atom. The predicted molar refractivity (Wildman–Crippen MR) is 290 cm³/mol. The van der Waals surface area contributed by atoms with Crippen molar-refractivity contribution >= 4 is 60.6 Å². The number of anilines is 1. The van der Waals surface area contributed by atoms with E-state index in [4.69, 9.17) is 16.6 Å². The number of hydrogen-bond acceptors (Lipinski definition) is 5. The van der Waals surface area contributed by atoms with Crippen LogP contribution in [0.4, 0.5) is 14.5 Å². The van der Waals surface area contributed by atoms with Gasteiger partial charge in [-0.05, 0) is 192 Å². The Balaban J connectivity index is 0.000000270. The second kappa shape index (κ2) is 18.9. The lowest BCUT2D eigenvalue weighted by Crippen LogP contribution is -2.16. The third kappa shape index (κ3) is 9.15. The maximum atomic E-state index is 14.3. The standard InChI is InChI=1S/C48H30F2N4.C16H13N/c49-42-13-11-29-7-9-31(17-36(29)25-42)33-19-35(23-40(21-33)46-5-1-3-15-53-46)38-27-44(48(52)45(51)28-38)39-20-34(22-41(24-39)47-6-2-4-16-54-47)32-10-8-30-12-14-43(50)26-37(30)18-32;17-16-11-4-3-9-15(16)14-10-5-7-12-6-1-2-8-13(12)14/h1-28,51-52H;1-11H,17H2. The highest BCUT2D eigenvalue weighted by molar-refractivity contribution is 6.61. The molecule has 0 saturated heterocycles. The maximum Gasteiger partial charge on any atom is 0.123 e. The molecule has 12 rings (SSSR count). The summed E-state index contributed by atoms with van der Waals surface area (Å²) < 4.78 is 28.5. The number of nitrogen functional groups attached to an aromatic ring is 1. The molecule has 1 aliphatic carbocycles. The minimum atomic E-state index is -0.300. The van der Waals surface area contributed by atoms with Crippen molar-refractivity contribution < 1.29 is 8.78 Å². The van der Waals surface area contributed by atoms with Gasteiger partial charge in [0.05, 0.1) is 22.8 Å². The molecule has 9 aromatic carbocycles. The number of pyridine rings is 2. The van der Waals surface area contributed by atoms with Crippen LogP contribution in [0.5, 0.6) is 0 Å². The number of benzene rings is 9. The van der Waals surface area contributed by atoms with Gasteiger partial charge in [-0.3, -0.25) is 20.8 Å². The highest BCUT2D eigenvalue weighted by Gasteiger charge is 2.22. The van der Waals surface area contributed by atoms with Crippen molar-refractivity contribution in [2.45, 2.75) is 0 Å². The van der Waals surface area contributed by atoms with Crippen molar-refractivity contribution in [1.29, 1.82) is 10.8 Å². The quantitative estimate of drug-likeness (QED) is 0.110. The first-order valence-electron chi connectivity index (χ1n) is 23.2. The lowest BCUT2D eigenvalue weighted by atomic mass is 9.85. The third-order valence-corrected chi connectivity index (χ3v) is 12.9. The zero-order valence-electron chi connectivity index (χ0n) is 38.2. The Morgan fingerprint density at radius 2 is 0.873 bits per heavy atom. The van der Waals surface area contributed by atoms with Crippen LogP contribution in [0, 0.1) is 22.5 Å². The van der Waals surface area contributed by atoms with Crippen LogP contribution in [-0.4, -0.2) is 21.4 Å². The van der Waals surface area contributed by atoms with Crippen molar-refractivity contribution in [2.75, 3.05) is 5.73 Å². The molecule has 0 fully saturated rings. The molecule has 0 saturated carbocycles. The molecule has 0 amide bonds. The molecule has 2 heterocycles. The smallest absolute Gasteiger partial charge is 0.123 e. The van der Waals surface area contributed by atoms with Crippen LogP contribution < -0.4 is 5.73 Å². The summed E-state index contributed by atoms with van der Waals surface area (Å²) in [7, 11) is 0. The number of hydrogen-bond donors (Lipinski definition) is 3. The third-order valence-electron chi connectivity index (χ3n) is 12.9. The van der Waals surface area contributed by atoms with E-state index in [1.54, 1.807) is 30.6 Å². The fraction of sp³-hybridized carbons (Fsp3) is 0. The Kier molecular flexibility index (Phi) is 11.7. The van der Waals surface area contributed by atoms with Crippen LogP contribution in [0.25, 0.3) is 99.4 Å². The molecule has 7 heteroatoms. The lowest BCUT2D eigenvalue weighted by molar-refractivity contribution is 0.629. The molecule has 0 atom stereocenters. The van der Waals surface area contributed by atoms with Crippen LogP contribution in [0.3, 0.4) is 0 Å². The van der Waals surface area contributed by atoms with Gasteiger partial charge < -0.3 is 5.73 Å². The number of aromatic nitrogens is 2. The fourth-order valence-electron chi connectivity index (χ4n) is 9.31. The first-order valence-corrected chi connectivity index (χ1v) is 23.2. The van der Waals surface area contributed by atoms with Gasteiger partial charge >= 0.3 is 0 Å². The molecule has 1 aliphatic rings. The van der Waals surface area contributed by atoms with E-state index in [1.165, 1.54) is 40.6 Å². The van der Waals surface area contributed by atoms with E-state index in [1.807, 2.05) is 109 Å². The molecule has 0 spiro atoms. The molecule has 2 aromatic heterocycles. The number of halogens is 2. The molecule has 0 radical (unpaired) electrons. The number of nitrogens with zero attached hydrogens (tertiary/aromatic N) is 2. The first-order chi connectivity index (χ1) is 34.7. The van der Waals surface area contributed by atoms with E-state index < -0.39 is 0 Å². The molecule has 0 bridgehead atoms. The predicted octanol–water partition coefficient (Wildman–Crippen LogP) is 16.3. The molecule has 0 unspecified atom stereocenters. The van der Waals surface area contributed by atoms with Gasteiger partial charge in [0.15, 0.2) is 0 Å². The van der Waals surface area contributed by atoms with Crippen molar-refractivity contribution in [1.82, 2.24) is 9.97 Å². The topological polar surface area (TPSA) is 99.5 Å². The molecule has 338 valence electrons.